The fourth-order valence-electron chi connectivity index (χ4n) is 1.41. The molecule has 1 atom stereocenters. The SMILES string of the molecule is O=C1CCCCC(=O)OC(C(=O)O)CCC(=O)OO1. The van der Waals surface area contributed by atoms with E-state index in [4.69, 9.17) is 9.84 Å². The molecule has 0 spiro atoms. The van der Waals surface area contributed by atoms with E-state index in [1.54, 1.807) is 0 Å². The summed E-state index contributed by atoms with van der Waals surface area (Å²) in [7, 11) is 0. The third kappa shape index (κ3) is 5.84. The molecule has 0 aromatic heterocycles. The highest BCUT2D eigenvalue weighted by molar-refractivity contribution is 5.79. The summed E-state index contributed by atoms with van der Waals surface area (Å²) in [6.45, 7) is 0. The molecule has 1 saturated heterocycles. The van der Waals surface area contributed by atoms with Gasteiger partial charge < -0.3 is 9.84 Å². The van der Waals surface area contributed by atoms with Crippen molar-refractivity contribution in [3.05, 3.63) is 0 Å². The minimum Gasteiger partial charge on any atom is -0.479 e. The first kappa shape index (κ1) is 14.9. The summed E-state index contributed by atoms with van der Waals surface area (Å²) in [6, 6.07) is 0. The first-order valence-corrected chi connectivity index (χ1v) is 5.81. The van der Waals surface area contributed by atoms with Crippen LogP contribution in [0.5, 0.6) is 0 Å². The van der Waals surface area contributed by atoms with Crippen molar-refractivity contribution in [2.45, 2.75) is 44.6 Å². The molecule has 1 fully saturated rings. The third-order valence-electron chi connectivity index (χ3n) is 2.40. The number of aliphatic carboxylic acids is 1. The third-order valence-corrected chi connectivity index (χ3v) is 2.40. The first-order chi connectivity index (χ1) is 8.99. The summed E-state index contributed by atoms with van der Waals surface area (Å²) in [5, 5.41) is 8.83. The molecule has 0 aliphatic carbocycles. The Hall–Kier alpha value is -2.12. The number of carboxylic acid groups (broad SMARTS) is 1. The Bertz CT molecular complexity index is 375. The standard InChI is InChI=1S/C11H14O8/c12-8-3-1-2-4-9(13)18-19-10(14)6-5-7(17-8)11(15)16/h7H,1-6H2,(H,15,16). The summed E-state index contributed by atoms with van der Waals surface area (Å²) in [6.07, 6.45) is -1.27. The van der Waals surface area contributed by atoms with Crippen LogP contribution in [-0.4, -0.2) is 35.1 Å². The van der Waals surface area contributed by atoms with Gasteiger partial charge in [0.1, 0.15) is 0 Å². The highest BCUT2D eigenvalue weighted by atomic mass is 17.2. The van der Waals surface area contributed by atoms with Gasteiger partial charge in [-0.15, -0.1) is 0 Å². The van der Waals surface area contributed by atoms with Crippen LogP contribution in [0.15, 0.2) is 0 Å². The summed E-state index contributed by atoms with van der Waals surface area (Å²) >= 11 is 0. The second-order valence-electron chi connectivity index (χ2n) is 3.97. The van der Waals surface area contributed by atoms with Gasteiger partial charge in [0.2, 0.25) is 0 Å². The molecule has 19 heavy (non-hydrogen) atoms. The van der Waals surface area contributed by atoms with E-state index in [0.717, 1.165) is 0 Å². The van der Waals surface area contributed by atoms with Crippen molar-refractivity contribution in [2.24, 2.45) is 0 Å². The molecule has 1 aliphatic rings. The predicted molar refractivity (Wildman–Crippen MR) is 57.4 cm³/mol. The van der Waals surface area contributed by atoms with Crippen molar-refractivity contribution < 1.29 is 38.8 Å². The summed E-state index contributed by atoms with van der Waals surface area (Å²) in [5.41, 5.74) is 0. The van der Waals surface area contributed by atoms with Gasteiger partial charge in [-0.3, -0.25) is 4.79 Å². The average molecular weight is 274 g/mol. The Labute approximate surface area is 108 Å². The van der Waals surface area contributed by atoms with Crippen LogP contribution in [0.25, 0.3) is 0 Å². The number of hydrogen-bond donors (Lipinski definition) is 1. The predicted octanol–water partition coefficient (Wildman–Crippen LogP) is 0.338. The van der Waals surface area contributed by atoms with Crippen LogP contribution in [0.4, 0.5) is 0 Å². The summed E-state index contributed by atoms with van der Waals surface area (Å²) in [4.78, 5) is 52.8. The van der Waals surface area contributed by atoms with E-state index < -0.39 is 30.0 Å². The zero-order valence-electron chi connectivity index (χ0n) is 10.1. The molecule has 0 aromatic rings. The minimum absolute atomic E-state index is 0.00290. The van der Waals surface area contributed by atoms with Gasteiger partial charge in [-0.2, -0.15) is 0 Å². The lowest BCUT2D eigenvalue weighted by atomic mass is 10.2. The van der Waals surface area contributed by atoms with Crippen molar-refractivity contribution >= 4 is 23.9 Å². The maximum Gasteiger partial charge on any atom is 0.355 e. The van der Waals surface area contributed by atoms with E-state index in [9.17, 15) is 19.2 Å². The maximum absolute atomic E-state index is 11.3. The van der Waals surface area contributed by atoms with Crippen LogP contribution in [0.3, 0.4) is 0 Å². The van der Waals surface area contributed by atoms with Gasteiger partial charge in [-0.25, -0.2) is 24.2 Å². The molecule has 0 saturated carbocycles. The summed E-state index contributed by atoms with van der Waals surface area (Å²) in [5.74, 6) is -3.62. The Balaban J connectivity index is 2.63. The second kappa shape index (κ2) is 7.34. The zero-order valence-corrected chi connectivity index (χ0v) is 10.1. The number of carbonyl (C=O) groups is 4. The monoisotopic (exact) mass is 274 g/mol. The van der Waals surface area contributed by atoms with Gasteiger partial charge in [0, 0.05) is 12.8 Å². The fraction of sp³-hybridized carbons (Fsp3) is 0.636. The normalized spacial score (nSPS) is 22.9. The molecule has 0 aromatic carbocycles. The molecule has 1 rings (SSSR count). The molecule has 0 radical (unpaired) electrons. The van der Waals surface area contributed by atoms with Crippen molar-refractivity contribution in [3.63, 3.8) is 0 Å². The average Bonchev–Trinajstić information content (AvgIpc) is 2.36. The molecule has 1 heterocycles. The van der Waals surface area contributed by atoms with Gasteiger partial charge >= 0.3 is 23.9 Å². The molecule has 1 unspecified atom stereocenters. The number of cyclic esters (lactones) is 1. The van der Waals surface area contributed by atoms with Crippen molar-refractivity contribution in [1.29, 1.82) is 0 Å². The Morgan fingerprint density at radius 2 is 1.47 bits per heavy atom. The Kier molecular flexibility index (Phi) is 5.77. The molecule has 0 amide bonds. The lowest BCUT2D eigenvalue weighted by Crippen LogP contribution is -2.28. The van der Waals surface area contributed by atoms with E-state index in [1.165, 1.54) is 0 Å². The van der Waals surface area contributed by atoms with Gasteiger partial charge in [-0.1, -0.05) is 0 Å². The van der Waals surface area contributed by atoms with E-state index in [0.29, 0.717) is 12.8 Å². The Morgan fingerprint density at radius 3 is 2.05 bits per heavy atom. The number of esters is 1. The van der Waals surface area contributed by atoms with Crippen LogP contribution in [0.1, 0.15) is 38.5 Å². The van der Waals surface area contributed by atoms with E-state index in [-0.39, 0.29) is 25.7 Å². The number of carbonyl (C=O) groups excluding carboxylic acids is 3. The van der Waals surface area contributed by atoms with Crippen LogP contribution < -0.4 is 0 Å². The van der Waals surface area contributed by atoms with Crippen LogP contribution in [-0.2, 0) is 33.7 Å². The van der Waals surface area contributed by atoms with E-state index in [2.05, 4.69) is 9.78 Å². The maximum atomic E-state index is 11.3. The second-order valence-corrected chi connectivity index (χ2v) is 3.97. The van der Waals surface area contributed by atoms with Crippen LogP contribution in [0, 0.1) is 0 Å². The molecule has 1 aliphatic heterocycles. The van der Waals surface area contributed by atoms with Gasteiger partial charge in [-0.05, 0) is 12.8 Å². The van der Waals surface area contributed by atoms with Gasteiger partial charge in [0.25, 0.3) is 0 Å². The molecular weight excluding hydrogens is 260 g/mol. The molecule has 8 nitrogen and oxygen atoms in total. The number of carboxylic acids is 1. The highest BCUT2D eigenvalue weighted by Crippen LogP contribution is 2.10. The van der Waals surface area contributed by atoms with Crippen LogP contribution in [0.2, 0.25) is 0 Å². The Morgan fingerprint density at radius 1 is 0.947 bits per heavy atom. The lowest BCUT2D eigenvalue weighted by Gasteiger charge is -2.12. The van der Waals surface area contributed by atoms with Crippen molar-refractivity contribution in [1.82, 2.24) is 0 Å². The molecule has 0 bridgehead atoms. The highest BCUT2D eigenvalue weighted by Gasteiger charge is 2.24. The van der Waals surface area contributed by atoms with Crippen molar-refractivity contribution in [2.75, 3.05) is 0 Å². The van der Waals surface area contributed by atoms with Crippen LogP contribution >= 0.6 is 0 Å². The van der Waals surface area contributed by atoms with Crippen molar-refractivity contribution in [3.8, 4) is 0 Å². The van der Waals surface area contributed by atoms with Gasteiger partial charge in [0.05, 0.1) is 12.8 Å². The molecule has 1 N–H and O–H groups in total. The van der Waals surface area contributed by atoms with Gasteiger partial charge in [0.15, 0.2) is 6.10 Å². The van der Waals surface area contributed by atoms with E-state index in [1.807, 2.05) is 0 Å². The summed E-state index contributed by atoms with van der Waals surface area (Å²) < 4.78 is 4.73. The minimum atomic E-state index is -1.41. The largest absolute Gasteiger partial charge is 0.479 e. The quantitative estimate of drug-likeness (QED) is 0.537. The number of ether oxygens (including phenoxy) is 1. The molecule has 8 heteroatoms. The van der Waals surface area contributed by atoms with E-state index >= 15 is 0 Å². The zero-order chi connectivity index (χ0) is 14.3. The first-order valence-electron chi connectivity index (χ1n) is 5.81. The smallest absolute Gasteiger partial charge is 0.355 e. The lowest BCUT2D eigenvalue weighted by molar-refractivity contribution is -0.259. The number of hydrogen-bond acceptors (Lipinski definition) is 7. The molecule has 106 valence electrons. The fourth-order valence-corrected chi connectivity index (χ4v) is 1.41. The number of rotatable bonds is 1. The topological polar surface area (TPSA) is 116 Å². The molecular formula is C11H14O8.